The Morgan fingerprint density at radius 3 is 2.15 bits per heavy atom. The Balaban J connectivity index is 2.05. The summed E-state index contributed by atoms with van der Waals surface area (Å²) in [7, 11) is -1.09. The summed E-state index contributed by atoms with van der Waals surface area (Å²) in [6.45, 7) is 3.83. The third kappa shape index (κ3) is 7.53. The van der Waals surface area contributed by atoms with E-state index in [1.807, 2.05) is 26.0 Å². The maximum absolute atomic E-state index is 14.0. The van der Waals surface area contributed by atoms with Crippen LogP contribution in [-0.2, 0) is 26.2 Å². The molecule has 0 aliphatic rings. The first-order chi connectivity index (χ1) is 19.2. The van der Waals surface area contributed by atoms with Crippen LogP contribution in [0.2, 0.25) is 0 Å². The second kappa shape index (κ2) is 14.4. The molecular weight excluding hydrogens is 530 g/mol. The number of sulfonamides is 1. The molecule has 3 rings (SSSR count). The quantitative estimate of drug-likeness (QED) is 0.313. The van der Waals surface area contributed by atoms with Crippen molar-refractivity contribution < 1.29 is 27.5 Å². The molecule has 1 N–H and O–H groups in total. The Bertz CT molecular complexity index is 1360. The van der Waals surface area contributed by atoms with Crippen LogP contribution in [0.15, 0.2) is 83.8 Å². The van der Waals surface area contributed by atoms with Crippen molar-refractivity contribution >= 4 is 27.5 Å². The molecule has 40 heavy (non-hydrogen) atoms. The fraction of sp³-hybridized carbons (Fsp3) is 0.333. The highest BCUT2D eigenvalue weighted by molar-refractivity contribution is 7.92. The first-order valence-electron chi connectivity index (χ1n) is 13.2. The van der Waals surface area contributed by atoms with E-state index in [9.17, 15) is 18.0 Å². The molecule has 2 amide bonds. The van der Waals surface area contributed by atoms with E-state index in [0.717, 1.165) is 16.3 Å². The van der Waals surface area contributed by atoms with Gasteiger partial charge in [-0.05, 0) is 54.8 Å². The molecule has 0 radical (unpaired) electrons. The normalized spacial score (nSPS) is 11.8. The SMILES string of the molecule is CCCNC(=O)C(CC)N(Cc1ccc(OC)cc1)C(=O)CN(c1cccc(OC)c1)S(=O)(=O)c1ccccc1. The van der Waals surface area contributed by atoms with Crippen LogP contribution in [0.1, 0.15) is 32.3 Å². The molecule has 0 saturated carbocycles. The number of hydrogen-bond acceptors (Lipinski definition) is 6. The van der Waals surface area contributed by atoms with Crippen LogP contribution in [0.3, 0.4) is 0 Å². The Morgan fingerprint density at radius 1 is 0.875 bits per heavy atom. The summed E-state index contributed by atoms with van der Waals surface area (Å²) < 4.78 is 39.3. The maximum Gasteiger partial charge on any atom is 0.264 e. The monoisotopic (exact) mass is 567 g/mol. The van der Waals surface area contributed by atoms with E-state index < -0.39 is 28.5 Å². The van der Waals surface area contributed by atoms with E-state index in [0.29, 0.717) is 24.5 Å². The van der Waals surface area contributed by atoms with Crippen molar-refractivity contribution in [3.8, 4) is 11.5 Å². The average Bonchev–Trinajstić information content (AvgIpc) is 2.99. The molecule has 0 spiro atoms. The summed E-state index contributed by atoms with van der Waals surface area (Å²) in [6.07, 6.45) is 1.09. The minimum Gasteiger partial charge on any atom is -0.497 e. The first-order valence-corrected chi connectivity index (χ1v) is 14.6. The second-order valence-corrected chi connectivity index (χ2v) is 11.0. The highest BCUT2D eigenvalue weighted by atomic mass is 32.2. The molecule has 9 nitrogen and oxygen atoms in total. The third-order valence-corrected chi connectivity index (χ3v) is 8.19. The van der Waals surface area contributed by atoms with Crippen molar-refractivity contribution in [1.29, 1.82) is 0 Å². The van der Waals surface area contributed by atoms with Gasteiger partial charge in [0.1, 0.15) is 24.1 Å². The van der Waals surface area contributed by atoms with Crippen molar-refractivity contribution in [3.63, 3.8) is 0 Å². The van der Waals surface area contributed by atoms with E-state index in [1.165, 1.54) is 24.1 Å². The lowest BCUT2D eigenvalue weighted by molar-refractivity contribution is -0.140. The molecule has 3 aromatic carbocycles. The second-order valence-electron chi connectivity index (χ2n) is 9.11. The lowest BCUT2D eigenvalue weighted by atomic mass is 10.1. The van der Waals surface area contributed by atoms with E-state index in [4.69, 9.17) is 9.47 Å². The molecule has 214 valence electrons. The van der Waals surface area contributed by atoms with Crippen LogP contribution in [0.4, 0.5) is 5.69 Å². The number of rotatable bonds is 14. The number of methoxy groups -OCH3 is 2. The van der Waals surface area contributed by atoms with Crippen molar-refractivity contribution in [2.45, 2.75) is 44.2 Å². The van der Waals surface area contributed by atoms with Gasteiger partial charge in [0.25, 0.3) is 10.0 Å². The van der Waals surface area contributed by atoms with Gasteiger partial charge in [0.15, 0.2) is 0 Å². The predicted molar refractivity (Wildman–Crippen MR) is 155 cm³/mol. The van der Waals surface area contributed by atoms with E-state index in [1.54, 1.807) is 61.7 Å². The third-order valence-electron chi connectivity index (χ3n) is 6.40. The standard InChI is InChI=1S/C30H37N3O6S/c1-5-19-31-30(35)28(6-2)32(21-23-15-17-25(38-3)18-16-23)29(34)22-33(24-11-10-12-26(20-24)39-4)40(36,37)27-13-8-7-9-14-27/h7-18,20,28H,5-6,19,21-22H2,1-4H3,(H,31,35). The molecule has 1 unspecified atom stereocenters. The number of ether oxygens (including phenoxy) is 2. The molecule has 0 aliphatic heterocycles. The highest BCUT2D eigenvalue weighted by Gasteiger charge is 2.33. The van der Waals surface area contributed by atoms with Gasteiger partial charge < -0.3 is 19.7 Å². The lowest BCUT2D eigenvalue weighted by Gasteiger charge is -2.33. The van der Waals surface area contributed by atoms with Crippen LogP contribution in [0.25, 0.3) is 0 Å². The summed E-state index contributed by atoms with van der Waals surface area (Å²) in [5, 5.41) is 2.88. The molecule has 0 aromatic heterocycles. The summed E-state index contributed by atoms with van der Waals surface area (Å²) >= 11 is 0. The largest absolute Gasteiger partial charge is 0.497 e. The van der Waals surface area contributed by atoms with Crippen LogP contribution in [0.5, 0.6) is 11.5 Å². The summed E-state index contributed by atoms with van der Waals surface area (Å²) in [6, 6.07) is 20.8. The van der Waals surface area contributed by atoms with Gasteiger partial charge in [-0.15, -0.1) is 0 Å². The molecule has 0 heterocycles. The van der Waals surface area contributed by atoms with Crippen LogP contribution >= 0.6 is 0 Å². The summed E-state index contributed by atoms with van der Waals surface area (Å²) in [5.41, 5.74) is 1.04. The number of anilines is 1. The molecule has 3 aromatic rings. The maximum atomic E-state index is 14.0. The lowest BCUT2D eigenvalue weighted by Crippen LogP contribution is -2.52. The van der Waals surface area contributed by atoms with E-state index in [2.05, 4.69) is 5.32 Å². The van der Waals surface area contributed by atoms with Gasteiger partial charge in [0.05, 0.1) is 24.8 Å². The number of carbonyl (C=O) groups excluding carboxylic acids is 2. The van der Waals surface area contributed by atoms with Crippen molar-refractivity contribution in [2.75, 3.05) is 31.6 Å². The van der Waals surface area contributed by atoms with Gasteiger partial charge in [-0.25, -0.2) is 8.42 Å². The smallest absolute Gasteiger partial charge is 0.264 e. The van der Waals surface area contributed by atoms with Crippen molar-refractivity contribution in [2.24, 2.45) is 0 Å². The fourth-order valence-electron chi connectivity index (χ4n) is 4.23. The Hall–Kier alpha value is -4.05. The zero-order valence-corrected chi connectivity index (χ0v) is 24.2. The van der Waals surface area contributed by atoms with Gasteiger partial charge in [-0.2, -0.15) is 0 Å². The molecule has 0 saturated heterocycles. The van der Waals surface area contributed by atoms with Crippen LogP contribution < -0.4 is 19.1 Å². The molecular formula is C30H37N3O6S. The van der Waals surface area contributed by atoms with Gasteiger partial charge in [0, 0.05) is 19.2 Å². The Kier molecular flexibility index (Phi) is 11.0. The number of hydrogen-bond donors (Lipinski definition) is 1. The topological polar surface area (TPSA) is 105 Å². The van der Waals surface area contributed by atoms with Crippen LogP contribution in [0, 0.1) is 0 Å². The van der Waals surface area contributed by atoms with Crippen molar-refractivity contribution in [3.05, 3.63) is 84.4 Å². The van der Waals surface area contributed by atoms with E-state index in [-0.39, 0.29) is 23.0 Å². The van der Waals surface area contributed by atoms with Gasteiger partial charge in [-0.3, -0.25) is 13.9 Å². The summed E-state index contributed by atoms with van der Waals surface area (Å²) in [4.78, 5) is 28.7. The number of nitrogens with one attached hydrogen (secondary N) is 1. The molecule has 0 aliphatic carbocycles. The number of amides is 2. The Morgan fingerprint density at radius 2 is 1.55 bits per heavy atom. The van der Waals surface area contributed by atoms with Gasteiger partial charge >= 0.3 is 0 Å². The average molecular weight is 568 g/mol. The number of nitrogens with zero attached hydrogens (tertiary/aromatic N) is 2. The van der Waals surface area contributed by atoms with Crippen molar-refractivity contribution in [1.82, 2.24) is 10.2 Å². The van der Waals surface area contributed by atoms with Gasteiger partial charge in [0.2, 0.25) is 11.8 Å². The minimum absolute atomic E-state index is 0.0417. The zero-order valence-electron chi connectivity index (χ0n) is 23.4. The van der Waals surface area contributed by atoms with E-state index >= 15 is 0 Å². The molecule has 1 atom stereocenters. The first kappa shape index (κ1) is 30.5. The zero-order chi connectivity index (χ0) is 29.1. The number of benzene rings is 3. The van der Waals surface area contributed by atoms with Crippen LogP contribution in [-0.4, -0.2) is 58.5 Å². The number of carbonyl (C=O) groups is 2. The highest BCUT2D eigenvalue weighted by Crippen LogP contribution is 2.28. The Labute approximate surface area is 236 Å². The molecule has 0 fully saturated rings. The van der Waals surface area contributed by atoms with Gasteiger partial charge in [-0.1, -0.05) is 50.2 Å². The minimum atomic E-state index is -4.14. The molecule has 0 bridgehead atoms. The predicted octanol–water partition coefficient (Wildman–Crippen LogP) is 4.23. The summed E-state index contributed by atoms with van der Waals surface area (Å²) in [5.74, 6) is 0.299. The fourth-order valence-corrected chi connectivity index (χ4v) is 5.65. The molecule has 10 heteroatoms.